The molecule has 0 fully saturated rings. The van der Waals surface area contributed by atoms with E-state index in [1.165, 1.54) is 31.3 Å². The van der Waals surface area contributed by atoms with E-state index in [1.54, 1.807) is 24.3 Å². The monoisotopic (exact) mass is 382 g/mol. The highest BCUT2D eigenvalue weighted by Crippen LogP contribution is 2.21. The number of hydrogen-bond acceptors (Lipinski definition) is 4. The van der Waals surface area contributed by atoms with E-state index in [0.29, 0.717) is 22.7 Å². The number of anilines is 1. The van der Waals surface area contributed by atoms with Crippen LogP contribution in [0, 0.1) is 0 Å². The predicted octanol–water partition coefficient (Wildman–Crippen LogP) is 3.64. The second-order valence-electron chi connectivity index (χ2n) is 5.63. The van der Waals surface area contributed by atoms with Gasteiger partial charge in [-0.05, 0) is 67.7 Å². The van der Waals surface area contributed by atoms with E-state index in [2.05, 4.69) is 10.0 Å². The maximum atomic E-state index is 12.3. The fraction of sp³-hybridized carbons (Fsp3) is 0.0500. The van der Waals surface area contributed by atoms with Gasteiger partial charge in [0.25, 0.3) is 5.91 Å². The zero-order valence-electron chi connectivity index (χ0n) is 14.5. The Bertz CT molecular complexity index is 1020. The van der Waals surface area contributed by atoms with E-state index >= 15 is 0 Å². The molecule has 0 radical (unpaired) electrons. The standard InChI is InChI=1S/C20H18N2O4S/c1-21-27(24,25)19-13-9-16(10-14-19)22-20(23)15-7-11-18(12-8-15)26-17-5-3-2-4-6-17/h2-14,21H,1H3,(H,22,23). The van der Waals surface area contributed by atoms with Crippen LogP contribution in [0.3, 0.4) is 0 Å². The van der Waals surface area contributed by atoms with E-state index < -0.39 is 10.0 Å². The number of amides is 1. The van der Waals surface area contributed by atoms with Gasteiger partial charge in [0.05, 0.1) is 4.90 Å². The van der Waals surface area contributed by atoms with Gasteiger partial charge < -0.3 is 10.1 Å². The molecule has 3 aromatic rings. The van der Waals surface area contributed by atoms with Crippen LogP contribution in [0.25, 0.3) is 0 Å². The normalized spacial score (nSPS) is 11.0. The minimum atomic E-state index is -3.50. The fourth-order valence-electron chi connectivity index (χ4n) is 2.34. The molecular weight excluding hydrogens is 364 g/mol. The van der Waals surface area contributed by atoms with Crippen molar-refractivity contribution >= 4 is 21.6 Å². The predicted molar refractivity (Wildman–Crippen MR) is 104 cm³/mol. The fourth-order valence-corrected chi connectivity index (χ4v) is 3.07. The van der Waals surface area contributed by atoms with Crippen LogP contribution in [-0.2, 0) is 10.0 Å². The molecule has 0 spiro atoms. The number of benzene rings is 3. The van der Waals surface area contributed by atoms with Crippen molar-refractivity contribution in [2.45, 2.75) is 4.90 Å². The molecule has 1 amide bonds. The van der Waals surface area contributed by atoms with Gasteiger partial charge in [0.1, 0.15) is 11.5 Å². The molecule has 0 unspecified atom stereocenters. The molecule has 3 aromatic carbocycles. The second kappa shape index (κ2) is 8.03. The highest BCUT2D eigenvalue weighted by atomic mass is 32.2. The summed E-state index contributed by atoms with van der Waals surface area (Å²) in [6, 6.07) is 22.0. The van der Waals surface area contributed by atoms with Crippen LogP contribution in [0.2, 0.25) is 0 Å². The number of rotatable bonds is 6. The largest absolute Gasteiger partial charge is 0.457 e. The lowest BCUT2D eigenvalue weighted by molar-refractivity contribution is 0.102. The van der Waals surface area contributed by atoms with Crippen molar-refractivity contribution in [1.82, 2.24) is 4.72 Å². The summed E-state index contributed by atoms with van der Waals surface area (Å²) in [5.41, 5.74) is 0.960. The average molecular weight is 382 g/mol. The van der Waals surface area contributed by atoms with Crippen molar-refractivity contribution in [3.63, 3.8) is 0 Å². The van der Waals surface area contributed by atoms with Crippen LogP contribution < -0.4 is 14.8 Å². The SMILES string of the molecule is CNS(=O)(=O)c1ccc(NC(=O)c2ccc(Oc3ccccc3)cc2)cc1. The lowest BCUT2D eigenvalue weighted by Gasteiger charge is -2.08. The third-order valence-corrected chi connectivity index (χ3v) is 5.22. The molecule has 0 heterocycles. The van der Waals surface area contributed by atoms with Gasteiger partial charge in [-0.3, -0.25) is 4.79 Å². The molecule has 0 atom stereocenters. The Morgan fingerprint density at radius 1 is 0.815 bits per heavy atom. The van der Waals surface area contributed by atoms with Crippen LogP contribution in [0.5, 0.6) is 11.5 Å². The zero-order valence-corrected chi connectivity index (χ0v) is 15.4. The summed E-state index contributed by atoms with van der Waals surface area (Å²) in [4.78, 5) is 12.5. The lowest BCUT2D eigenvalue weighted by Crippen LogP contribution is -2.18. The molecule has 3 rings (SSSR count). The molecule has 0 saturated carbocycles. The topological polar surface area (TPSA) is 84.5 Å². The third-order valence-electron chi connectivity index (χ3n) is 3.79. The molecule has 0 bridgehead atoms. The lowest BCUT2D eigenvalue weighted by atomic mass is 10.2. The first-order valence-corrected chi connectivity index (χ1v) is 9.64. The summed E-state index contributed by atoms with van der Waals surface area (Å²) in [6.07, 6.45) is 0. The van der Waals surface area contributed by atoms with E-state index in [9.17, 15) is 13.2 Å². The van der Waals surface area contributed by atoms with Crippen molar-refractivity contribution in [3.05, 3.63) is 84.4 Å². The van der Waals surface area contributed by atoms with Crippen LogP contribution in [-0.4, -0.2) is 21.4 Å². The summed E-state index contributed by atoms with van der Waals surface area (Å²) in [7, 11) is -2.16. The Hall–Kier alpha value is -3.16. The Morgan fingerprint density at radius 2 is 1.41 bits per heavy atom. The van der Waals surface area contributed by atoms with Gasteiger partial charge in [-0.2, -0.15) is 0 Å². The molecule has 27 heavy (non-hydrogen) atoms. The number of nitrogens with one attached hydrogen (secondary N) is 2. The molecular formula is C20H18N2O4S. The van der Waals surface area contributed by atoms with Gasteiger partial charge in [0, 0.05) is 11.3 Å². The first-order chi connectivity index (χ1) is 13.0. The molecule has 0 saturated heterocycles. The van der Waals surface area contributed by atoms with Crippen LogP contribution in [0.1, 0.15) is 10.4 Å². The number of hydrogen-bond donors (Lipinski definition) is 2. The number of para-hydroxylation sites is 1. The van der Waals surface area contributed by atoms with Crippen molar-refractivity contribution in [1.29, 1.82) is 0 Å². The smallest absolute Gasteiger partial charge is 0.255 e. The molecule has 0 aliphatic rings. The molecule has 2 N–H and O–H groups in total. The first kappa shape index (κ1) is 18.6. The second-order valence-corrected chi connectivity index (χ2v) is 7.51. The summed E-state index contributed by atoms with van der Waals surface area (Å²) in [5, 5.41) is 2.73. The molecule has 7 heteroatoms. The minimum Gasteiger partial charge on any atom is -0.457 e. The van der Waals surface area contributed by atoms with Gasteiger partial charge in [0.2, 0.25) is 10.0 Å². The molecule has 6 nitrogen and oxygen atoms in total. The quantitative estimate of drug-likeness (QED) is 0.682. The number of carbonyl (C=O) groups is 1. The summed E-state index contributed by atoms with van der Waals surface area (Å²) >= 11 is 0. The van der Waals surface area contributed by atoms with Crippen LogP contribution in [0.15, 0.2) is 83.8 Å². The van der Waals surface area contributed by atoms with Crippen LogP contribution in [0.4, 0.5) is 5.69 Å². The Labute approximate surface area is 157 Å². The molecule has 0 aliphatic heterocycles. The number of ether oxygens (including phenoxy) is 1. The Morgan fingerprint density at radius 3 is 2.00 bits per heavy atom. The van der Waals surface area contributed by atoms with Gasteiger partial charge in [0.15, 0.2) is 0 Å². The summed E-state index contributed by atoms with van der Waals surface area (Å²) < 4.78 is 31.3. The van der Waals surface area contributed by atoms with Crippen LogP contribution >= 0.6 is 0 Å². The maximum absolute atomic E-state index is 12.3. The molecule has 138 valence electrons. The van der Waals surface area contributed by atoms with Crippen molar-refractivity contribution in [2.75, 3.05) is 12.4 Å². The van der Waals surface area contributed by atoms with E-state index in [4.69, 9.17) is 4.74 Å². The van der Waals surface area contributed by atoms with E-state index in [-0.39, 0.29) is 10.8 Å². The highest BCUT2D eigenvalue weighted by Gasteiger charge is 2.11. The Balaban J connectivity index is 1.66. The highest BCUT2D eigenvalue weighted by molar-refractivity contribution is 7.89. The Kier molecular flexibility index (Phi) is 5.54. The number of sulfonamides is 1. The minimum absolute atomic E-state index is 0.130. The van der Waals surface area contributed by atoms with E-state index in [0.717, 1.165) is 0 Å². The molecule has 0 aliphatic carbocycles. The number of carbonyl (C=O) groups excluding carboxylic acids is 1. The van der Waals surface area contributed by atoms with Crippen molar-refractivity contribution in [2.24, 2.45) is 0 Å². The zero-order chi connectivity index (χ0) is 19.3. The van der Waals surface area contributed by atoms with E-state index in [1.807, 2.05) is 30.3 Å². The van der Waals surface area contributed by atoms with Gasteiger partial charge in [-0.1, -0.05) is 18.2 Å². The van der Waals surface area contributed by atoms with Crippen molar-refractivity contribution in [3.8, 4) is 11.5 Å². The average Bonchev–Trinajstić information content (AvgIpc) is 2.70. The third kappa shape index (κ3) is 4.72. The van der Waals surface area contributed by atoms with Gasteiger partial charge in [-0.25, -0.2) is 13.1 Å². The van der Waals surface area contributed by atoms with Gasteiger partial charge in [-0.15, -0.1) is 0 Å². The molecule has 0 aromatic heterocycles. The maximum Gasteiger partial charge on any atom is 0.255 e. The first-order valence-electron chi connectivity index (χ1n) is 8.16. The summed E-state index contributed by atoms with van der Waals surface area (Å²) in [5.74, 6) is 1.04. The van der Waals surface area contributed by atoms with Gasteiger partial charge >= 0.3 is 0 Å². The van der Waals surface area contributed by atoms with Crippen molar-refractivity contribution < 1.29 is 17.9 Å². The summed E-state index contributed by atoms with van der Waals surface area (Å²) in [6.45, 7) is 0.